The monoisotopic (exact) mass is 392 g/mol. The average Bonchev–Trinajstić information content (AvgIpc) is 3.19. The highest BCUT2D eigenvalue weighted by Crippen LogP contribution is 2.32. The quantitative estimate of drug-likeness (QED) is 0.722. The molecule has 0 unspecified atom stereocenters. The molecule has 2 aliphatic rings. The number of benzene rings is 1. The first-order chi connectivity index (χ1) is 12.6. The van der Waals surface area contributed by atoms with Gasteiger partial charge in [-0.05, 0) is 57.2 Å². The van der Waals surface area contributed by atoms with Crippen LogP contribution in [0.15, 0.2) is 18.2 Å². The van der Waals surface area contributed by atoms with Crippen molar-refractivity contribution in [2.24, 2.45) is 0 Å². The summed E-state index contributed by atoms with van der Waals surface area (Å²) >= 11 is 12.4. The Balaban J connectivity index is 1.30. The maximum absolute atomic E-state index is 11.8. The molecular weight excluding hydrogens is 369 g/mol. The van der Waals surface area contributed by atoms with Crippen molar-refractivity contribution in [2.75, 3.05) is 44.2 Å². The summed E-state index contributed by atoms with van der Waals surface area (Å²) in [6, 6.07) is 5.79. The van der Waals surface area contributed by atoms with E-state index in [0.717, 1.165) is 63.7 Å². The van der Waals surface area contributed by atoms with E-state index in [1.807, 2.05) is 43.9 Å². The zero-order valence-electron chi connectivity index (χ0n) is 14.8. The number of carbonyl (C=O) groups excluding carboxylic acids is 1. The van der Waals surface area contributed by atoms with E-state index in [4.69, 9.17) is 23.2 Å². The minimum Gasteiger partial charge on any atom is -0.368 e. The fourth-order valence-corrected chi connectivity index (χ4v) is 3.65. The molecule has 5 radical (unpaired) electrons. The van der Waals surface area contributed by atoms with E-state index < -0.39 is 0 Å². The molecule has 1 saturated carbocycles. The van der Waals surface area contributed by atoms with Gasteiger partial charge in [-0.3, -0.25) is 9.69 Å². The molecule has 0 atom stereocenters. The molecule has 26 heavy (non-hydrogen) atoms. The third-order valence-corrected chi connectivity index (χ3v) is 5.56. The van der Waals surface area contributed by atoms with Gasteiger partial charge in [0.2, 0.25) is 5.91 Å². The fraction of sp³-hybridized carbons (Fsp3) is 0.400. The topological polar surface area (TPSA) is 35.6 Å². The van der Waals surface area contributed by atoms with Gasteiger partial charge in [-0.15, -0.1) is 0 Å². The SMILES string of the molecule is O=C(NCCCCN1CCN(c2cccc(Cl)c2Cl)CC1)[C]1[CH][CH][CH][CH]1. The Morgan fingerprint density at radius 3 is 2.50 bits per heavy atom. The zero-order valence-corrected chi connectivity index (χ0v) is 16.3. The lowest BCUT2D eigenvalue weighted by Crippen LogP contribution is -2.46. The van der Waals surface area contributed by atoms with Crippen LogP contribution in [-0.4, -0.2) is 50.1 Å². The first kappa shape index (κ1) is 19.8. The summed E-state index contributed by atoms with van der Waals surface area (Å²) in [7, 11) is 0. The Morgan fingerprint density at radius 2 is 1.77 bits per heavy atom. The molecule has 1 heterocycles. The highest BCUT2D eigenvalue weighted by Gasteiger charge is 2.24. The first-order valence-electron chi connectivity index (χ1n) is 9.06. The third-order valence-electron chi connectivity index (χ3n) is 4.76. The number of nitrogens with one attached hydrogen (secondary N) is 1. The normalized spacial score (nSPS) is 19.1. The van der Waals surface area contributed by atoms with Crippen molar-refractivity contribution in [3.05, 3.63) is 59.8 Å². The zero-order chi connectivity index (χ0) is 18.4. The lowest BCUT2D eigenvalue weighted by molar-refractivity contribution is -0.118. The number of rotatable bonds is 7. The molecule has 0 bridgehead atoms. The van der Waals surface area contributed by atoms with Gasteiger partial charge in [-0.25, -0.2) is 0 Å². The van der Waals surface area contributed by atoms with Gasteiger partial charge in [0, 0.05) is 32.7 Å². The minimum absolute atomic E-state index is 0.0158. The Hall–Kier alpha value is -0.970. The number of amides is 1. The number of halogens is 2. The predicted molar refractivity (Wildman–Crippen MR) is 108 cm³/mol. The maximum atomic E-state index is 11.8. The van der Waals surface area contributed by atoms with E-state index in [-0.39, 0.29) is 5.91 Å². The third kappa shape index (κ3) is 5.28. The Morgan fingerprint density at radius 1 is 1.04 bits per heavy atom. The second kappa shape index (κ2) is 9.82. The number of hydrogen-bond acceptors (Lipinski definition) is 3. The lowest BCUT2D eigenvalue weighted by atomic mass is 10.1. The van der Waals surface area contributed by atoms with Crippen LogP contribution >= 0.6 is 23.2 Å². The minimum atomic E-state index is 0.0158. The largest absolute Gasteiger partial charge is 0.368 e. The van der Waals surface area contributed by atoms with Crippen LogP contribution in [0.1, 0.15) is 12.8 Å². The van der Waals surface area contributed by atoms with Crippen LogP contribution in [0.2, 0.25) is 10.0 Å². The molecule has 0 spiro atoms. The molecule has 1 saturated heterocycles. The molecule has 1 amide bonds. The van der Waals surface area contributed by atoms with Crippen LogP contribution < -0.4 is 10.2 Å². The molecule has 139 valence electrons. The summed E-state index contributed by atoms with van der Waals surface area (Å²) in [5.74, 6) is 0.753. The first-order valence-corrected chi connectivity index (χ1v) is 9.82. The lowest BCUT2D eigenvalue weighted by Gasteiger charge is -2.36. The smallest absolute Gasteiger partial charge is 0.227 e. The summed E-state index contributed by atoms with van der Waals surface area (Å²) in [6.07, 6.45) is 9.50. The van der Waals surface area contributed by atoms with Gasteiger partial charge in [0.1, 0.15) is 0 Å². The van der Waals surface area contributed by atoms with E-state index in [1.165, 1.54) is 0 Å². The van der Waals surface area contributed by atoms with Crippen molar-refractivity contribution in [3.8, 4) is 0 Å². The highest BCUT2D eigenvalue weighted by molar-refractivity contribution is 6.43. The summed E-state index contributed by atoms with van der Waals surface area (Å²) in [4.78, 5) is 16.6. The average molecular weight is 393 g/mol. The van der Waals surface area contributed by atoms with Crippen LogP contribution in [0.5, 0.6) is 0 Å². The standard InChI is InChI=1S/C20H24Cl2N3O/c21-17-8-5-9-18(19(17)22)25-14-12-24(13-15-25)11-4-3-10-23-20(26)16-6-1-2-7-16/h1-2,5-9H,3-4,10-15H2,(H,23,26). The van der Waals surface area contributed by atoms with Crippen molar-refractivity contribution < 1.29 is 4.79 Å². The van der Waals surface area contributed by atoms with Crippen LogP contribution in [0.25, 0.3) is 0 Å². The van der Waals surface area contributed by atoms with E-state index in [0.29, 0.717) is 10.0 Å². The van der Waals surface area contributed by atoms with Crippen LogP contribution in [0.4, 0.5) is 5.69 Å². The summed E-state index contributed by atoms with van der Waals surface area (Å²) in [5, 5.41) is 4.22. The Kier molecular flexibility index (Phi) is 7.47. The molecule has 1 N–H and O–H groups in total. The van der Waals surface area contributed by atoms with Gasteiger partial charge in [0.25, 0.3) is 0 Å². The van der Waals surface area contributed by atoms with E-state index >= 15 is 0 Å². The second-order valence-electron chi connectivity index (χ2n) is 6.54. The van der Waals surface area contributed by atoms with Gasteiger partial charge in [-0.1, -0.05) is 29.3 Å². The summed E-state index contributed by atoms with van der Waals surface area (Å²) < 4.78 is 0. The Bertz CT molecular complexity index is 597. The molecule has 1 aromatic rings. The summed E-state index contributed by atoms with van der Waals surface area (Å²) in [6.45, 7) is 5.72. The van der Waals surface area contributed by atoms with E-state index in [1.54, 1.807) is 0 Å². The van der Waals surface area contributed by atoms with Crippen LogP contribution in [0, 0.1) is 31.6 Å². The molecule has 1 aromatic carbocycles. The number of piperazine rings is 1. The fourth-order valence-electron chi connectivity index (χ4n) is 3.24. The van der Waals surface area contributed by atoms with Crippen molar-refractivity contribution in [2.45, 2.75) is 12.8 Å². The molecule has 6 heteroatoms. The van der Waals surface area contributed by atoms with Gasteiger partial charge < -0.3 is 10.2 Å². The van der Waals surface area contributed by atoms with Gasteiger partial charge >= 0.3 is 0 Å². The molecule has 4 nitrogen and oxygen atoms in total. The van der Waals surface area contributed by atoms with Crippen LogP contribution in [0.3, 0.4) is 0 Å². The van der Waals surface area contributed by atoms with Gasteiger partial charge in [-0.2, -0.15) is 0 Å². The predicted octanol–water partition coefficient (Wildman–Crippen LogP) is 3.42. The number of carbonyl (C=O) groups is 1. The van der Waals surface area contributed by atoms with E-state index in [9.17, 15) is 4.79 Å². The second-order valence-corrected chi connectivity index (χ2v) is 7.32. The van der Waals surface area contributed by atoms with Gasteiger partial charge in [0.05, 0.1) is 21.7 Å². The van der Waals surface area contributed by atoms with E-state index in [2.05, 4.69) is 15.1 Å². The molecular formula is C20H24Cl2N3O. The number of unbranched alkanes of at least 4 members (excludes halogenated alkanes) is 1. The molecule has 1 aliphatic carbocycles. The number of anilines is 1. The van der Waals surface area contributed by atoms with Gasteiger partial charge in [0.15, 0.2) is 0 Å². The van der Waals surface area contributed by atoms with Crippen LogP contribution in [-0.2, 0) is 4.79 Å². The summed E-state index contributed by atoms with van der Waals surface area (Å²) in [5.41, 5.74) is 1.02. The maximum Gasteiger partial charge on any atom is 0.227 e. The van der Waals surface area contributed by atoms with Crippen molar-refractivity contribution in [1.82, 2.24) is 10.2 Å². The Labute approximate surface area is 166 Å². The molecule has 1 aliphatic heterocycles. The van der Waals surface area contributed by atoms with Crippen molar-refractivity contribution >= 4 is 34.8 Å². The molecule has 0 aromatic heterocycles. The van der Waals surface area contributed by atoms with Crippen molar-refractivity contribution in [3.63, 3.8) is 0 Å². The van der Waals surface area contributed by atoms with Crippen molar-refractivity contribution in [1.29, 1.82) is 0 Å². The molecule has 3 rings (SSSR count). The number of hydrogen-bond donors (Lipinski definition) is 1. The molecule has 2 fully saturated rings. The number of nitrogens with zero attached hydrogens (tertiary/aromatic N) is 2. The highest BCUT2D eigenvalue weighted by atomic mass is 35.5.